The first-order valence-electron chi connectivity index (χ1n) is 5.47. The number of carbonyl (C=O) groups is 1. The lowest BCUT2D eigenvalue weighted by Crippen LogP contribution is -2.51. The zero-order chi connectivity index (χ0) is 12.4. The molecule has 2 rings (SSSR count). The Morgan fingerprint density at radius 2 is 2.35 bits per heavy atom. The van der Waals surface area contributed by atoms with Crippen molar-refractivity contribution in [3.05, 3.63) is 23.8 Å². The Labute approximate surface area is 99.2 Å². The predicted molar refractivity (Wildman–Crippen MR) is 61.5 cm³/mol. The second-order valence-corrected chi connectivity index (χ2v) is 4.13. The highest BCUT2D eigenvalue weighted by atomic mass is 16.5. The number of rotatable bonds is 3. The summed E-state index contributed by atoms with van der Waals surface area (Å²) >= 11 is 0. The van der Waals surface area contributed by atoms with Crippen molar-refractivity contribution >= 4 is 6.09 Å². The minimum atomic E-state index is -0.876. The maximum absolute atomic E-state index is 10.8. The van der Waals surface area contributed by atoms with Gasteiger partial charge in [-0.25, -0.2) is 4.79 Å². The number of hydrogen-bond donors (Lipinski definition) is 2. The quantitative estimate of drug-likeness (QED) is 0.839. The van der Waals surface area contributed by atoms with Crippen molar-refractivity contribution < 1.29 is 19.7 Å². The zero-order valence-corrected chi connectivity index (χ0v) is 9.59. The molecule has 1 aliphatic heterocycles. The van der Waals surface area contributed by atoms with Crippen LogP contribution in [-0.2, 0) is 6.42 Å². The Bertz CT molecular complexity index is 433. The number of nitrogens with zero attached hydrogens (tertiary/aromatic N) is 1. The molecule has 0 aliphatic carbocycles. The summed E-state index contributed by atoms with van der Waals surface area (Å²) in [5.41, 5.74) is 0.916. The van der Waals surface area contributed by atoms with Crippen molar-refractivity contribution in [2.24, 2.45) is 0 Å². The maximum atomic E-state index is 10.8. The van der Waals surface area contributed by atoms with E-state index in [9.17, 15) is 9.90 Å². The first-order valence-corrected chi connectivity index (χ1v) is 5.47. The summed E-state index contributed by atoms with van der Waals surface area (Å²) in [6.45, 7) is 0.599. The third kappa shape index (κ3) is 2.27. The van der Waals surface area contributed by atoms with Gasteiger partial charge in [-0.1, -0.05) is 6.07 Å². The smallest absolute Gasteiger partial charge is 0.407 e. The average molecular weight is 237 g/mol. The molecule has 1 aromatic rings. The van der Waals surface area contributed by atoms with Crippen LogP contribution in [0.1, 0.15) is 12.0 Å². The lowest BCUT2D eigenvalue weighted by molar-refractivity contribution is 0.0757. The molecule has 0 saturated carbocycles. The van der Waals surface area contributed by atoms with Gasteiger partial charge in [0.2, 0.25) is 0 Å². The van der Waals surface area contributed by atoms with Crippen molar-refractivity contribution in [3.63, 3.8) is 0 Å². The highest BCUT2D eigenvalue weighted by Gasteiger charge is 2.31. The molecule has 2 N–H and O–H groups in total. The molecule has 0 spiro atoms. The van der Waals surface area contributed by atoms with Crippen LogP contribution >= 0.6 is 0 Å². The number of ether oxygens (including phenoxy) is 1. The normalized spacial score (nSPS) is 18.6. The summed E-state index contributed by atoms with van der Waals surface area (Å²) in [6, 6.07) is 5.18. The SMILES string of the molecule is COc1ccc(CC2CCN2C(=O)O)cc1O. The topological polar surface area (TPSA) is 70.0 Å². The molecule has 1 saturated heterocycles. The van der Waals surface area contributed by atoms with Crippen LogP contribution in [0.15, 0.2) is 18.2 Å². The van der Waals surface area contributed by atoms with E-state index < -0.39 is 6.09 Å². The van der Waals surface area contributed by atoms with Gasteiger partial charge >= 0.3 is 6.09 Å². The standard InChI is InChI=1S/C12H15NO4/c1-17-11-3-2-8(7-10(11)14)6-9-4-5-13(9)12(15)16/h2-3,7,9,14H,4-6H2,1H3,(H,15,16). The van der Waals surface area contributed by atoms with Gasteiger partial charge in [0.1, 0.15) is 0 Å². The number of likely N-dealkylation sites (tertiary alicyclic amines) is 1. The van der Waals surface area contributed by atoms with Gasteiger partial charge in [-0.2, -0.15) is 0 Å². The van der Waals surface area contributed by atoms with Crippen LogP contribution in [0.3, 0.4) is 0 Å². The van der Waals surface area contributed by atoms with Crippen LogP contribution in [0.2, 0.25) is 0 Å². The van der Waals surface area contributed by atoms with Crippen LogP contribution in [0.5, 0.6) is 11.5 Å². The van der Waals surface area contributed by atoms with Crippen molar-refractivity contribution in [3.8, 4) is 11.5 Å². The lowest BCUT2D eigenvalue weighted by atomic mass is 9.95. The largest absolute Gasteiger partial charge is 0.504 e. The van der Waals surface area contributed by atoms with E-state index in [1.807, 2.05) is 6.07 Å². The summed E-state index contributed by atoms with van der Waals surface area (Å²) in [4.78, 5) is 12.2. The Hall–Kier alpha value is -1.91. The van der Waals surface area contributed by atoms with E-state index in [1.165, 1.54) is 12.0 Å². The third-order valence-corrected chi connectivity index (χ3v) is 3.10. The van der Waals surface area contributed by atoms with Gasteiger partial charge in [0, 0.05) is 12.6 Å². The van der Waals surface area contributed by atoms with E-state index in [1.54, 1.807) is 12.1 Å². The van der Waals surface area contributed by atoms with Crippen molar-refractivity contribution in [2.75, 3.05) is 13.7 Å². The highest BCUT2D eigenvalue weighted by molar-refractivity contribution is 5.66. The van der Waals surface area contributed by atoms with E-state index in [0.717, 1.165) is 12.0 Å². The zero-order valence-electron chi connectivity index (χ0n) is 9.59. The molecule has 1 fully saturated rings. The molecule has 0 radical (unpaired) electrons. The van der Waals surface area contributed by atoms with Crippen molar-refractivity contribution in [1.29, 1.82) is 0 Å². The number of phenolic OH excluding ortho intramolecular Hbond substituents is 1. The Kier molecular flexibility index (Phi) is 3.08. The number of benzene rings is 1. The first kappa shape index (κ1) is 11.6. The van der Waals surface area contributed by atoms with E-state index in [-0.39, 0.29) is 11.8 Å². The Morgan fingerprint density at radius 1 is 1.59 bits per heavy atom. The van der Waals surface area contributed by atoms with Gasteiger partial charge in [-0.3, -0.25) is 0 Å². The Morgan fingerprint density at radius 3 is 2.82 bits per heavy atom. The van der Waals surface area contributed by atoms with Gasteiger partial charge in [0.25, 0.3) is 0 Å². The predicted octanol–water partition coefficient (Wildman–Crippen LogP) is 1.70. The molecule has 5 nitrogen and oxygen atoms in total. The molecule has 1 aromatic carbocycles. The molecule has 17 heavy (non-hydrogen) atoms. The van der Waals surface area contributed by atoms with Crippen LogP contribution < -0.4 is 4.74 Å². The summed E-state index contributed by atoms with van der Waals surface area (Å²) < 4.78 is 4.95. The fourth-order valence-electron chi connectivity index (χ4n) is 2.04. The lowest BCUT2D eigenvalue weighted by Gasteiger charge is -2.38. The van der Waals surface area contributed by atoms with E-state index in [2.05, 4.69) is 0 Å². The van der Waals surface area contributed by atoms with Gasteiger partial charge < -0.3 is 19.8 Å². The molecule has 5 heteroatoms. The summed E-state index contributed by atoms with van der Waals surface area (Å²) in [6.07, 6.45) is 0.627. The molecule has 0 aromatic heterocycles. The Balaban J connectivity index is 2.04. The van der Waals surface area contributed by atoms with Crippen LogP contribution in [0.4, 0.5) is 4.79 Å². The van der Waals surface area contributed by atoms with E-state index in [4.69, 9.17) is 9.84 Å². The molecule has 1 heterocycles. The third-order valence-electron chi connectivity index (χ3n) is 3.10. The summed E-state index contributed by atoms with van der Waals surface area (Å²) in [7, 11) is 1.49. The molecule has 1 amide bonds. The maximum Gasteiger partial charge on any atom is 0.407 e. The van der Waals surface area contributed by atoms with Gasteiger partial charge in [-0.15, -0.1) is 0 Å². The highest BCUT2D eigenvalue weighted by Crippen LogP contribution is 2.29. The number of phenols is 1. The number of methoxy groups -OCH3 is 1. The van der Waals surface area contributed by atoms with Crippen LogP contribution in [0.25, 0.3) is 0 Å². The van der Waals surface area contributed by atoms with Crippen LogP contribution in [-0.4, -0.2) is 40.9 Å². The van der Waals surface area contributed by atoms with E-state index >= 15 is 0 Å². The van der Waals surface area contributed by atoms with Crippen molar-refractivity contribution in [2.45, 2.75) is 18.9 Å². The monoisotopic (exact) mass is 237 g/mol. The van der Waals surface area contributed by atoms with Gasteiger partial charge in [-0.05, 0) is 30.5 Å². The molecule has 0 bridgehead atoms. The second kappa shape index (κ2) is 4.53. The number of carboxylic acid groups (broad SMARTS) is 1. The van der Waals surface area contributed by atoms with Gasteiger partial charge in [0.05, 0.1) is 7.11 Å². The molecule has 1 unspecified atom stereocenters. The van der Waals surface area contributed by atoms with Crippen LogP contribution in [0, 0.1) is 0 Å². The molecule has 1 atom stereocenters. The van der Waals surface area contributed by atoms with Crippen molar-refractivity contribution in [1.82, 2.24) is 4.90 Å². The number of hydrogen-bond acceptors (Lipinski definition) is 3. The van der Waals surface area contributed by atoms with E-state index in [0.29, 0.717) is 18.7 Å². The minimum Gasteiger partial charge on any atom is -0.504 e. The molecule has 92 valence electrons. The number of amides is 1. The second-order valence-electron chi connectivity index (χ2n) is 4.13. The summed E-state index contributed by atoms with van der Waals surface area (Å²) in [5.74, 6) is 0.517. The molecular formula is C12H15NO4. The average Bonchev–Trinajstić information content (AvgIpc) is 2.24. The summed E-state index contributed by atoms with van der Waals surface area (Å²) in [5, 5.41) is 18.5. The fourth-order valence-corrected chi connectivity index (χ4v) is 2.04. The molecule has 1 aliphatic rings. The number of aromatic hydroxyl groups is 1. The van der Waals surface area contributed by atoms with Gasteiger partial charge in [0.15, 0.2) is 11.5 Å². The fraction of sp³-hybridized carbons (Fsp3) is 0.417. The first-order chi connectivity index (χ1) is 8.11. The minimum absolute atomic E-state index is 0.0281. The molecular weight excluding hydrogens is 222 g/mol.